The number of imide groups is 1. The van der Waals surface area contributed by atoms with E-state index in [-0.39, 0.29) is 12.3 Å². The average molecular weight is 199 g/mol. The molecule has 2 unspecified atom stereocenters. The Labute approximate surface area is 81.4 Å². The fraction of sp³-hybridized carbons (Fsp3) is 0.625. The summed E-state index contributed by atoms with van der Waals surface area (Å²) < 4.78 is 0. The molecule has 1 rings (SSSR count). The van der Waals surface area contributed by atoms with Gasteiger partial charge in [-0.2, -0.15) is 0 Å². The molecule has 0 aliphatic carbocycles. The molecule has 4 amide bonds. The summed E-state index contributed by atoms with van der Waals surface area (Å²) in [4.78, 5) is 34.3. The van der Waals surface area contributed by atoms with Crippen LogP contribution in [0, 0.1) is 0 Å². The molecule has 6 nitrogen and oxygen atoms in total. The fourth-order valence-corrected chi connectivity index (χ4v) is 1.43. The topological polar surface area (TPSA) is 92.5 Å². The molecule has 2 atom stereocenters. The number of nitrogens with two attached hydrogens (primary N) is 1. The minimum absolute atomic E-state index is 0.00806. The summed E-state index contributed by atoms with van der Waals surface area (Å²) in [5.41, 5.74) is 4.98. The molecule has 0 aromatic rings. The van der Waals surface area contributed by atoms with Crippen LogP contribution < -0.4 is 11.1 Å². The lowest BCUT2D eigenvalue weighted by atomic mass is 10.2. The number of hydrogen-bond donors (Lipinski definition) is 2. The van der Waals surface area contributed by atoms with Crippen molar-refractivity contribution in [3.05, 3.63) is 0 Å². The quantitative estimate of drug-likeness (QED) is 0.582. The van der Waals surface area contributed by atoms with Crippen molar-refractivity contribution in [3.8, 4) is 0 Å². The minimum Gasteiger partial charge on any atom is -0.370 e. The summed E-state index contributed by atoms with van der Waals surface area (Å²) in [5.74, 6) is -0.846. The summed E-state index contributed by atoms with van der Waals surface area (Å²) in [6.07, 6.45) is -0.00806. The van der Waals surface area contributed by atoms with E-state index in [0.29, 0.717) is 0 Å². The Balaban J connectivity index is 2.72. The van der Waals surface area contributed by atoms with Gasteiger partial charge in [0.25, 0.3) is 5.91 Å². The zero-order valence-electron chi connectivity index (χ0n) is 8.11. The van der Waals surface area contributed by atoms with Gasteiger partial charge in [0, 0.05) is 12.5 Å². The molecule has 1 aliphatic rings. The highest BCUT2D eigenvalue weighted by Crippen LogP contribution is 2.12. The van der Waals surface area contributed by atoms with E-state index in [2.05, 4.69) is 5.32 Å². The fourth-order valence-electron chi connectivity index (χ4n) is 1.43. The lowest BCUT2D eigenvalue weighted by Crippen LogP contribution is -2.41. The monoisotopic (exact) mass is 199 g/mol. The number of rotatable bonds is 3. The molecule has 0 spiro atoms. The number of carbonyl (C=O) groups excluding carboxylic acids is 3. The molecular weight excluding hydrogens is 186 g/mol. The largest absolute Gasteiger partial charge is 0.370 e. The van der Waals surface area contributed by atoms with E-state index in [1.165, 1.54) is 0 Å². The zero-order chi connectivity index (χ0) is 10.9. The highest BCUT2D eigenvalue weighted by molar-refractivity contribution is 6.04. The lowest BCUT2D eigenvalue weighted by molar-refractivity contribution is -0.129. The first-order valence-electron chi connectivity index (χ1n) is 4.35. The molecule has 0 radical (unpaired) electrons. The SMILES string of the molecule is CC1NC(=O)N(C(C)CC(N)=O)C1=O. The molecular formula is C8H13N3O3. The van der Waals surface area contributed by atoms with E-state index in [4.69, 9.17) is 5.73 Å². The summed E-state index contributed by atoms with van der Waals surface area (Å²) in [6.45, 7) is 3.21. The van der Waals surface area contributed by atoms with Crippen LogP contribution in [0.25, 0.3) is 0 Å². The number of carbonyl (C=O) groups is 3. The molecule has 1 saturated heterocycles. The van der Waals surface area contributed by atoms with Crippen LogP contribution in [0.4, 0.5) is 4.79 Å². The first kappa shape index (κ1) is 10.5. The van der Waals surface area contributed by atoms with E-state index < -0.39 is 24.0 Å². The van der Waals surface area contributed by atoms with Gasteiger partial charge in [0.2, 0.25) is 5.91 Å². The number of nitrogens with zero attached hydrogens (tertiary/aromatic N) is 1. The van der Waals surface area contributed by atoms with Crippen LogP contribution in [-0.2, 0) is 9.59 Å². The van der Waals surface area contributed by atoms with Crippen molar-refractivity contribution in [2.24, 2.45) is 5.73 Å². The van der Waals surface area contributed by atoms with Gasteiger partial charge in [0.15, 0.2) is 0 Å². The molecule has 1 heterocycles. The van der Waals surface area contributed by atoms with Gasteiger partial charge in [-0.1, -0.05) is 0 Å². The highest BCUT2D eigenvalue weighted by Gasteiger charge is 2.38. The van der Waals surface area contributed by atoms with E-state index in [1.807, 2.05) is 0 Å². The summed E-state index contributed by atoms with van der Waals surface area (Å²) in [7, 11) is 0. The molecule has 1 aliphatic heterocycles. The van der Waals surface area contributed by atoms with Crippen LogP contribution in [0.3, 0.4) is 0 Å². The molecule has 3 N–H and O–H groups in total. The van der Waals surface area contributed by atoms with Crippen molar-refractivity contribution in [3.63, 3.8) is 0 Å². The molecule has 0 bridgehead atoms. The Morgan fingerprint density at radius 2 is 2.21 bits per heavy atom. The number of urea groups is 1. The van der Waals surface area contributed by atoms with Crippen molar-refractivity contribution in [2.45, 2.75) is 32.4 Å². The van der Waals surface area contributed by atoms with Gasteiger partial charge in [-0.05, 0) is 13.8 Å². The van der Waals surface area contributed by atoms with E-state index >= 15 is 0 Å². The number of hydrogen-bond acceptors (Lipinski definition) is 3. The second-order valence-corrected chi connectivity index (χ2v) is 3.40. The van der Waals surface area contributed by atoms with Crippen LogP contribution in [0.2, 0.25) is 0 Å². The van der Waals surface area contributed by atoms with E-state index in [0.717, 1.165) is 4.90 Å². The zero-order valence-corrected chi connectivity index (χ0v) is 8.11. The maximum absolute atomic E-state index is 11.4. The third-order valence-electron chi connectivity index (χ3n) is 2.10. The van der Waals surface area contributed by atoms with Gasteiger partial charge in [-0.15, -0.1) is 0 Å². The second kappa shape index (κ2) is 3.65. The first-order chi connectivity index (χ1) is 6.43. The average Bonchev–Trinajstić information content (AvgIpc) is 2.25. The predicted octanol–water partition coefficient (Wildman–Crippen LogP) is -0.809. The highest BCUT2D eigenvalue weighted by atomic mass is 16.2. The van der Waals surface area contributed by atoms with E-state index in [9.17, 15) is 14.4 Å². The Morgan fingerprint density at radius 3 is 2.57 bits per heavy atom. The van der Waals surface area contributed by atoms with Gasteiger partial charge >= 0.3 is 6.03 Å². The molecule has 0 aromatic carbocycles. The van der Waals surface area contributed by atoms with Crippen LogP contribution in [0.1, 0.15) is 20.3 Å². The molecule has 6 heteroatoms. The molecule has 1 fully saturated rings. The van der Waals surface area contributed by atoms with Gasteiger partial charge in [0.05, 0.1) is 0 Å². The predicted molar refractivity (Wildman–Crippen MR) is 48.1 cm³/mol. The van der Waals surface area contributed by atoms with Crippen molar-refractivity contribution in [2.75, 3.05) is 0 Å². The normalized spacial score (nSPS) is 23.6. The Kier molecular flexibility index (Phi) is 2.73. The van der Waals surface area contributed by atoms with Crippen molar-refractivity contribution in [1.29, 1.82) is 0 Å². The van der Waals surface area contributed by atoms with Gasteiger partial charge in [-0.3, -0.25) is 14.5 Å². The summed E-state index contributed by atoms with van der Waals surface area (Å²) >= 11 is 0. The van der Waals surface area contributed by atoms with Crippen LogP contribution in [0.15, 0.2) is 0 Å². The van der Waals surface area contributed by atoms with Gasteiger partial charge in [-0.25, -0.2) is 4.79 Å². The third kappa shape index (κ3) is 1.84. The maximum atomic E-state index is 11.4. The smallest absolute Gasteiger partial charge is 0.325 e. The Hall–Kier alpha value is -1.59. The molecule has 0 aromatic heterocycles. The summed E-state index contributed by atoms with van der Waals surface area (Å²) in [6, 6.07) is -1.46. The van der Waals surface area contributed by atoms with Gasteiger partial charge < -0.3 is 11.1 Å². The maximum Gasteiger partial charge on any atom is 0.325 e. The van der Waals surface area contributed by atoms with Crippen LogP contribution >= 0.6 is 0 Å². The minimum atomic E-state index is -0.530. The number of amides is 4. The molecule has 14 heavy (non-hydrogen) atoms. The summed E-state index contributed by atoms with van der Waals surface area (Å²) in [5, 5.41) is 2.46. The standard InChI is InChI=1S/C8H13N3O3/c1-4(3-6(9)12)11-7(13)5(2)10-8(11)14/h4-5H,3H2,1-2H3,(H2,9,12)(H,10,14). The van der Waals surface area contributed by atoms with Crippen molar-refractivity contribution < 1.29 is 14.4 Å². The Morgan fingerprint density at radius 1 is 1.64 bits per heavy atom. The molecule has 78 valence electrons. The number of primary amides is 1. The van der Waals surface area contributed by atoms with Gasteiger partial charge in [0.1, 0.15) is 6.04 Å². The van der Waals surface area contributed by atoms with Crippen LogP contribution in [-0.4, -0.2) is 34.8 Å². The van der Waals surface area contributed by atoms with Crippen molar-refractivity contribution >= 4 is 17.8 Å². The van der Waals surface area contributed by atoms with Crippen LogP contribution in [0.5, 0.6) is 0 Å². The molecule has 0 saturated carbocycles. The Bertz CT molecular complexity index is 290. The first-order valence-corrected chi connectivity index (χ1v) is 4.35. The van der Waals surface area contributed by atoms with E-state index in [1.54, 1.807) is 13.8 Å². The second-order valence-electron chi connectivity index (χ2n) is 3.40. The lowest BCUT2D eigenvalue weighted by Gasteiger charge is -2.19. The third-order valence-corrected chi connectivity index (χ3v) is 2.10. The van der Waals surface area contributed by atoms with Crippen molar-refractivity contribution in [1.82, 2.24) is 10.2 Å². The number of nitrogens with one attached hydrogen (secondary N) is 1.